The second-order valence-electron chi connectivity index (χ2n) is 11.8. The summed E-state index contributed by atoms with van der Waals surface area (Å²) in [6.07, 6.45) is -0.211. The van der Waals surface area contributed by atoms with Crippen LogP contribution in [-0.2, 0) is 25.7 Å². The SMILES string of the molecule is O=C(Nc1ccc2ccccc2c1)C1N([C@H](CO)c2ccccc2)C(=O)[C@@H]2[C@H](C(=O)NCc3ccccc3)[C@H]3OC12CC3Br. The molecule has 44 heavy (non-hydrogen) atoms. The number of aliphatic hydroxyl groups excluding tert-OH is 1. The van der Waals surface area contributed by atoms with Crippen molar-refractivity contribution in [3.63, 3.8) is 0 Å². The summed E-state index contributed by atoms with van der Waals surface area (Å²) in [5.74, 6) is -2.77. The molecule has 3 aliphatic heterocycles. The number of amides is 3. The molecule has 0 saturated carbocycles. The largest absolute Gasteiger partial charge is 0.394 e. The zero-order chi connectivity index (χ0) is 30.4. The van der Waals surface area contributed by atoms with Crippen molar-refractivity contribution in [2.45, 2.75) is 41.6 Å². The van der Waals surface area contributed by atoms with Crippen LogP contribution < -0.4 is 10.6 Å². The summed E-state index contributed by atoms with van der Waals surface area (Å²) in [4.78, 5) is 44.0. The van der Waals surface area contributed by atoms with Crippen molar-refractivity contribution in [3.8, 4) is 0 Å². The zero-order valence-electron chi connectivity index (χ0n) is 23.8. The molecule has 0 aromatic heterocycles. The van der Waals surface area contributed by atoms with Crippen molar-refractivity contribution in [1.82, 2.24) is 10.2 Å². The van der Waals surface area contributed by atoms with Gasteiger partial charge in [0.05, 0.1) is 30.6 Å². The summed E-state index contributed by atoms with van der Waals surface area (Å²) in [7, 11) is 0. The van der Waals surface area contributed by atoms with E-state index >= 15 is 0 Å². The summed E-state index contributed by atoms with van der Waals surface area (Å²) >= 11 is 3.72. The van der Waals surface area contributed by atoms with E-state index in [2.05, 4.69) is 26.6 Å². The van der Waals surface area contributed by atoms with Crippen LogP contribution in [0.1, 0.15) is 23.6 Å². The van der Waals surface area contributed by atoms with Gasteiger partial charge >= 0.3 is 0 Å². The van der Waals surface area contributed by atoms with Gasteiger partial charge in [-0.25, -0.2) is 0 Å². The second kappa shape index (κ2) is 11.5. The minimum absolute atomic E-state index is 0.237. The molecule has 7 atom stereocenters. The lowest BCUT2D eigenvalue weighted by Crippen LogP contribution is -2.55. The number of nitrogens with one attached hydrogen (secondary N) is 2. The molecule has 9 heteroatoms. The first-order chi connectivity index (χ1) is 21.4. The molecule has 3 saturated heterocycles. The highest BCUT2D eigenvalue weighted by Crippen LogP contribution is 2.61. The third-order valence-corrected chi connectivity index (χ3v) is 10.1. The van der Waals surface area contributed by atoms with Crippen LogP contribution in [0.2, 0.25) is 0 Å². The van der Waals surface area contributed by atoms with Gasteiger partial charge in [0, 0.05) is 17.1 Å². The topological polar surface area (TPSA) is 108 Å². The zero-order valence-corrected chi connectivity index (χ0v) is 25.4. The van der Waals surface area contributed by atoms with Crippen molar-refractivity contribution in [3.05, 3.63) is 114 Å². The molecule has 3 fully saturated rings. The Morgan fingerprint density at radius 1 is 0.932 bits per heavy atom. The lowest BCUT2D eigenvalue weighted by atomic mass is 9.70. The van der Waals surface area contributed by atoms with Crippen LogP contribution in [0.3, 0.4) is 0 Å². The minimum Gasteiger partial charge on any atom is -0.394 e. The lowest BCUT2D eigenvalue weighted by molar-refractivity contribution is -0.144. The van der Waals surface area contributed by atoms with E-state index in [1.165, 1.54) is 4.90 Å². The predicted octanol–water partition coefficient (Wildman–Crippen LogP) is 4.58. The monoisotopic (exact) mass is 653 g/mol. The molecular weight excluding hydrogens is 622 g/mol. The fraction of sp³-hybridized carbons (Fsp3) is 0.286. The van der Waals surface area contributed by atoms with E-state index in [9.17, 15) is 19.5 Å². The Morgan fingerprint density at radius 3 is 2.34 bits per heavy atom. The fourth-order valence-electron chi connectivity index (χ4n) is 7.41. The first-order valence-electron chi connectivity index (χ1n) is 14.8. The van der Waals surface area contributed by atoms with Crippen molar-refractivity contribution in [2.75, 3.05) is 11.9 Å². The van der Waals surface area contributed by atoms with E-state index in [-0.39, 0.29) is 16.6 Å². The Balaban J connectivity index is 1.26. The van der Waals surface area contributed by atoms with Gasteiger partial charge in [-0.15, -0.1) is 0 Å². The number of likely N-dealkylation sites (tertiary alicyclic amines) is 1. The molecule has 3 heterocycles. The molecule has 3 aliphatic rings. The summed E-state index contributed by atoms with van der Waals surface area (Å²) in [5.41, 5.74) is 0.958. The average molecular weight is 655 g/mol. The third kappa shape index (κ3) is 4.70. The Morgan fingerprint density at radius 2 is 1.61 bits per heavy atom. The Labute approximate surface area is 263 Å². The fourth-order valence-corrected chi connectivity index (χ4v) is 8.36. The van der Waals surface area contributed by atoms with Crippen molar-refractivity contribution < 1.29 is 24.2 Å². The van der Waals surface area contributed by atoms with Gasteiger partial charge in [0.1, 0.15) is 11.6 Å². The number of rotatable bonds is 8. The highest BCUT2D eigenvalue weighted by atomic mass is 79.9. The maximum absolute atomic E-state index is 14.5. The van der Waals surface area contributed by atoms with Crippen molar-refractivity contribution in [2.24, 2.45) is 11.8 Å². The number of nitrogens with zero attached hydrogens (tertiary/aromatic N) is 1. The van der Waals surface area contributed by atoms with Crippen LogP contribution in [0.25, 0.3) is 10.8 Å². The number of anilines is 1. The number of benzene rings is 4. The van der Waals surface area contributed by atoms with Gasteiger partial charge in [-0.1, -0.05) is 107 Å². The number of hydrogen-bond acceptors (Lipinski definition) is 5. The molecule has 3 amide bonds. The summed E-state index contributed by atoms with van der Waals surface area (Å²) in [6, 6.07) is 30.4. The van der Waals surface area contributed by atoms with E-state index in [0.29, 0.717) is 24.2 Å². The summed E-state index contributed by atoms with van der Waals surface area (Å²) in [6.45, 7) is -0.0903. The average Bonchev–Trinajstić information content (AvgIpc) is 3.64. The number of aliphatic hydroxyl groups is 1. The van der Waals surface area contributed by atoms with E-state index in [1.807, 2.05) is 103 Å². The maximum Gasteiger partial charge on any atom is 0.250 e. The lowest BCUT2D eigenvalue weighted by Gasteiger charge is -2.37. The third-order valence-electron chi connectivity index (χ3n) is 9.30. The number of ether oxygens (including phenoxy) is 1. The maximum atomic E-state index is 14.5. The highest BCUT2D eigenvalue weighted by Gasteiger charge is 2.77. The number of hydrogen-bond donors (Lipinski definition) is 3. The summed E-state index contributed by atoms with van der Waals surface area (Å²) in [5, 5.41) is 18.7. The van der Waals surface area contributed by atoms with Gasteiger partial charge in [-0.05, 0) is 40.5 Å². The normalized spacial score (nSPS) is 27.7. The van der Waals surface area contributed by atoms with Gasteiger partial charge in [-0.2, -0.15) is 0 Å². The molecule has 2 bridgehead atoms. The van der Waals surface area contributed by atoms with Crippen LogP contribution in [0.5, 0.6) is 0 Å². The molecule has 4 aromatic carbocycles. The first-order valence-corrected chi connectivity index (χ1v) is 15.7. The molecule has 8 nitrogen and oxygen atoms in total. The van der Waals surface area contributed by atoms with Crippen molar-refractivity contribution in [1.29, 1.82) is 0 Å². The smallest absolute Gasteiger partial charge is 0.250 e. The van der Waals surface area contributed by atoms with E-state index < -0.39 is 48.1 Å². The van der Waals surface area contributed by atoms with Crippen molar-refractivity contribution >= 4 is 50.1 Å². The van der Waals surface area contributed by atoms with Gasteiger partial charge in [0.2, 0.25) is 17.7 Å². The Bertz CT molecular complexity index is 1720. The number of carbonyl (C=O) groups excluding carboxylic acids is 3. The van der Waals surface area contributed by atoms with Gasteiger partial charge < -0.3 is 25.4 Å². The number of alkyl halides is 1. The molecule has 1 spiro atoms. The first kappa shape index (κ1) is 28.7. The van der Waals surface area contributed by atoms with Gasteiger partial charge in [0.25, 0.3) is 0 Å². The quantitative estimate of drug-likeness (QED) is 0.242. The molecule has 3 unspecified atom stereocenters. The van der Waals surface area contributed by atoms with Crippen LogP contribution >= 0.6 is 15.9 Å². The van der Waals surface area contributed by atoms with Crippen LogP contribution in [0.15, 0.2) is 103 Å². The number of fused-ring (bicyclic) bond motifs is 2. The second-order valence-corrected chi connectivity index (χ2v) is 12.9. The van der Waals surface area contributed by atoms with Crippen LogP contribution in [0.4, 0.5) is 5.69 Å². The van der Waals surface area contributed by atoms with E-state index in [4.69, 9.17) is 4.74 Å². The van der Waals surface area contributed by atoms with Gasteiger partial charge in [-0.3, -0.25) is 14.4 Å². The predicted molar refractivity (Wildman–Crippen MR) is 170 cm³/mol. The van der Waals surface area contributed by atoms with E-state index in [1.54, 1.807) is 0 Å². The molecule has 3 N–H and O–H groups in total. The van der Waals surface area contributed by atoms with Gasteiger partial charge in [0.15, 0.2) is 0 Å². The Hall–Kier alpha value is -4.05. The molecule has 224 valence electrons. The minimum atomic E-state index is -1.26. The number of halogens is 1. The van der Waals surface area contributed by atoms with Crippen LogP contribution in [0, 0.1) is 11.8 Å². The molecular formula is C35H32BrN3O5. The molecule has 0 aliphatic carbocycles. The Kier molecular flexibility index (Phi) is 7.48. The highest BCUT2D eigenvalue weighted by molar-refractivity contribution is 9.09. The molecule has 7 rings (SSSR count). The standard InChI is InChI=1S/C35H32BrN3O5/c36-26-18-35-29(28(30(26)44-35)32(41)37-19-21-9-3-1-4-10-21)34(43)39(27(20-40)23-12-5-2-6-13-23)31(35)33(42)38-25-16-15-22-11-7-8-14-24(22)17-25/h1-17,26-31,40H,18-20H2,(H,37,41)(H,38,42)/t26?,27-,28+,29+,30+,31?,35?/m1/s1. The number of carbonyl (C=O) groups is 3. The van der Waals surface area contributed by atoms with E-state index in [0.717, 1.165) is 16.3 Å². The molecule has 4 aromatic rings. The molecule has 0 radical (unpaired) electrons. The summed E-state index contributed by atoms with van der Waals surface area (Å²) < 4.78 is 6.64. The van der Waals surface area contributed by atoms with Crippen LogP contribution in [-0.4, -0.2) is 56.9 Å².